The number of carbonyl (C=O) groups excluding carboxylic acids is 1. The summed E-state index contributed by atoms with van der Waals surface area (Å²) in [5, 5.41) is 4.59. The van der Waals surface area contributed by atoms with Crippen LogP contribution in [0.15, 0.2) is 0 Å². The molecule has 12 heavy (non-hydrogen) atoms. The van der Waals surface area contributed by atoms with Gasteiger partial charge in [0.1, 0.15) is 0 Å². The molecule has 1 saturated heterocycles. The van der Waals surface area contributed by atoms with Gasteiger partial charge in [0, 0.05) is 13.0 Å². The van der Waals surface area contributed by atoms with Crippen LogP contribution in [-0.2, 0) is 9.63 Å². The maximum Gasteiger partial charge on any atom is 0.249 e. The van der Waals surface area contributed by atoms with Crippen molar-refractivity contribution in [1.29, 1.82) is 0 Å². The number of rotatable bonds is 2. The summed E-state index contributed by atoms with van der Waals surface area (Å²) in [6, 6.07) is 0. The summed E-state index contributed by atoms with van der Waals surface area (Å²) >= 11 is 0. The second-order valence-electron chi connectivity index (χ2n) is 3.53. The van der Waals surface area contributed by atoms with Gasteiger partial charge >= 0.3 is 0 Å². The first-order valence-electron chi connectivity index (χ1n) is 4.28. The van der Waals surface area contributed by atoms with E-state index >= 15 is 0 Å². The molecular weight excluding hydrogens is 156 g/mol. The third-order valence-corrected chi connectivity index (χ3v) is 2.96. The molecule has 1 saturated carbocycles. The fraction of sp³-hybridized carbons (Fsp3) is 0.875. The zero-order valence-electron chi connectivity index (χ0n) is 7.41. The highest BCUT2D eigenvalue weighted by Crippen LogP contribution is 2.49. The molecule has 0 bridgehead atoms. The van der Waals surface area contributed by atoms with Gasteiger partial charge in [-0.25, -0.2) is 5.06 Å². The van der Waals surface area contributed by atoms with Crippen molar-refractivity contribution >= 4 is 5.91 Å². The number of fused-ring (bicyclic) bond motifs is 1. The lowest BCUT2D eigenvalue weighted by Gasteiger charge is -2.14. The topological polar surface area (TPSA) is 41.6 Å². The molecule has 2 aliphatic rings. The van der Waals surface area contributed by atoms with Gasteiger partial charge in [0.25, 0.3) is 0 Å². The predicted molar refractivity (Wildman–Crippen MR) is 43.1 cm³/mol. The predicted octanol–water partition coefficient (Wildman–Crippen LogP) is -0.528. The highest BCUT2D eigenvalue weighted by atomic mass is 16.7. The first-order valence-corrected chi connectivity index (χ1v) is 4.28. The van der Waals surface area contributed by atoms with Gasteiger partial charge in [0.05, 0.1) is 7.11 Å². The van der Waals surface area contributed by atoms with Crippen molar-refractivity contribution in [3.8, 4) is 0 Å². The Hall–Kier alpha value is -0.610. The number of nitrogens with one attached hydrogen (secondary N) is 1. The summed E-state index contributed by atoms with van der Waals surface area (Å²) in [6.45, 7) is 2.00. The van der Waals surface area contributed by atoms with Crippen LogP contribution < -0.4 is 5.32 Å². The molecular formula is C8H14N2O2. The summed E-state index contributed by atoms with van der Waals surface area (Å²) in [4.78, 5) is 16.4. The summed E-state index contributed by atoms with van der Waals surface area (Å²) in [7, 11) is 3.19. The number of hydroxylamine groups is 2. The van der Waals surface area contributed by atoms with Crippen LogP contribution in [0.4, 0.5) is 0 Å². The standard InChI is InChI=1S/C8H14N2O2/c1-10(12-2)8(11)7-5-3-9-4-6(5)7/h5-7,9H,3-4H2,1-2H3/t5-,6+,7?. The molecule has 1 unspecified atom stereocenters. The summed E-state index contributed by atoms with van der Waals surface area (Å²) in [6.07, 6.45) is 0. The van der Waals surface area contributed by atoms with E-state index in [9.17, 15) is 4.79 Å². The average Bonchev–Trinajstić information content (AvgIpc) is 2.56. The zero-order valence-corrected chi connectivity index (χ0v) is 7.41. The number of carbonyl (C=O) groups is 1. The maximum absolute atomic E-state index is 11.5. The number of hydrogen-bond donors (Lipinski definition) is 1. The molecule has 4 heteroatoms. The van der Waals surface area contributed by atoms with Crippen molar-refractivity contribution in [2.24, 2.45) is 17.8 Å². The Kier molecular flexibility index (Phi) is 1.81. The zero-order chi connectivity index (χ0) is 8.72. The first-order chi connectivity index (χ1) is 5.75. The Labute approximate surface area is 71.8 Å². The van der Waals surface area contributed by atoms with E-state index in [0.717, 1.165) is 13.1 Å². The molecule has 1 N–H and O–H groups in total. The molecule has 0 radical (unpaired) electrons. The number of nitrogens with zero attached hydrogens (tertiary/aromatic N) is 1. The van der Waals surface area contributed by atoms with Crippen molar-refractivity contribution in [1.82, 2.24) is 10.4 Å². The smallest absolute Gasteiger partial charge is 0.249 e. The molecule has 1 aliphatic carbocycles. The quantitative estimate of drug-likeness (QED) is 0.566. The Bertz CT molecular complexity index is 197. The molecule has 0 aromatic rings. The Morgan fingerprint density at radius 3 is 2.58 bits per heavy atom. The van der Waals surface area contributed by atoms with E-state index in [-0.39, 0.29) is 11.8 Å². The minimum atomic E-state index is 0.133. The van der Waals surface area contributed by atoms with Gasteiger partial charge < -0.3 is 5.32 Å². The van der Waals surface area contributed by atoms with Crippen LogP contribution in [0.2, 0.25) is 0 Å². The molecule has 68 valence electrons. The molecule has 2 rings (SSSR count). The van der Waals surface area contributed by atoms with Crippen LogP contribution in [0.5, 0.6) is 0 Å². The third kappa shape index (κ3) is 1.03. The largest absolute Gasteiger partial charge is 0.316 e. The molecule has 1 heterocycles. The lowest BCUT2D eigenvalue weighted by molar-refractivity contribution is -0.171. The van der Waals surface area contributed by atoms with Crippen LogP contribution in [0, 0.1) is 17.8 Å². The minimum Gasteiger partial charge on any atom is -0.316 e. The van der Waals surface area contributed by atoms with Crippen LogP contribution in [0.3, 0.4) is 0 Å². The SMILES string of the molecule is CON(C)C(=O)C1[C@H]2CNC[C@@H]12. The molecule has 0 aromatic heterocycles. The van der Waals surface area contributed by atoms with Gasteiger partial charge in [0.2, 0.25) is 5.91 Å². The Balaban J connectivity index is 1.91. The third-order valence-electron chi connectivity index (χ3n) is 2.96. The lowest BCUT2D eigenvalue weighted by Crippen LogP contribution is -2.30. The molecule has 0 aromatic carbocycles. The molecule has 4 nitrogen and oxygen atoms in total. The van der Waals surface area contributed by atoms with Crippen molar-refractivity contribution < 1.29 is 9.63 Å². The minimum absolute atomic E-state index is 0.133. The molecule has 3 atom stereocenters. The monoisotopic (exact) mass is 170 g/mol. The van der Waals surface area contributed by atoms with Gasteiger partial charge in [-0.2, -0.15) is 0 Å². The Morgan fingerprint density at radius 2 is 2.08 bits per heavy atom. The van der Waals surface area contributed by atoms with Crippen LogP contribution in [0.1, 0.15) is 0 Å². The number of amides is 1. The summed E-state index contributed by atoms with van der Waals surface area (Å²) in [5.41, 5.74) is 0. The average molecular weight is 170 g/mol. The molecule has 1 amide bonds. The summed E-state index contributed by atoms with van der Waals surface area (Å²) in [5.74, 6) is 1.52. The van der Waals surface area contributed by atoms with Crippen molar-refractivity contribution in [3.05, 3.63) is 0 Å². The Morgan fingerprint density at radius 1 is 1.50 bits per heavy atom. The lowest BCUT2D eigenvalue weighted by atomic mass is 10.2. The van der Waals surface area contributed by atoms with Gasteiger partial charge in [-0.3, -0.25) is 9.63 Å². The maximum atomic E-state index is 11.5. The van der Waals surface area contributed by atoms with Gasteiger partial charge in [-0.1, -0.05) is 0 Å². The molecule has 0 spiro atoms. The van der Waals surface area contributed by atoms with Crippen LogP contribution in [0.25, 0.3) is 0 Å². The van der Waals surface area contributed by atoms with Gasteiger partial charge in [-0.15, -0.1) is 0 Å². The number of piperidine rings is 1. The number of hydrogen-bond acceptors (Lipinski definition) is 3. The van der Waals surface area contributed by atoms with Crippen LogP contribution >= 0.6 is 0 Å². The highest BCUT2D eigenvalue weighted by molar-refractivity contribution is 5.81. The van der Waals surface area contributed by atoms with Crippen molar-refractivity contribution in [2.75, 3.05) is 27.2 Å². The molecule has 2 fully saturated rings. The fourth-order valence-corrected chi connectivity index (χ4v) is 2.08. The summed E-state index contributed by atoms with van der Waals surface area (Å²) < 4.78 is 0. The van der Waals surface area contributed by atoms with E-state index in [1.54, 1.807) is 7.05 Å². The van der Waals surface area contributed by atoms with E-state index in [1.807, 2.05) is 0 Å². The van der Waals surface area contributed by atoms with Gasteiger partial charge in [0.15, 0.2) is 0 Å². The van der Waals surface area contributed by atoms with Gasteiger partial charge in [-0.05, 0) is 24.9 Å². The second-order valence-corrected chi connectivity index (χ2v) is 3.53. The van der Waals surface area contributed by atoms with E-state index in [1.165, 1.54) is 12.2 Å². The van der Waals surface area contributed by atoms with E-state index in [4.69, 9.17) is 4.84 Å². The fourth-order valence-electron chi connectivity index (χ4n) is 2.08. The first kappa shape index (κ1) is 8.01. The normalized spacial score (nSPS) is 37.7. The van der Waals surface area contributed by atoms with Crippen molar-refractivity contribution in [2.45, 2.75) is 0 Å². The van der Waals surface area contributed by atoms with Crippen molar-refractivity contribution in [3.63, 3.8) is 0 Å². The molecule has 1 aliphatic heterocycles. The van der Waals surface area contributed by atoms with E-state index in [0.29, 0.717) is 11.8 Å². The van der Waals surface area contributed by atoms with E-state index < -0.39 is 0 Å². The second kappa shape index (κ2) is 2.71. The van der Waals surface area contributed by atoms with Crippen LogP contribution in [-0.4, -0.2) is 38.2 Å². The highest BCUT2D eigenvalue weighted by Gasteiger charge is 2.57. The van der Waals surface area contributed by atoms with E-state index in [2.05, 4.69) is 5.32 Å².